The zero-order valence-electron chi connectivity index (χ0n) is 19.2. The number of carbonyl (C=O) groups excluding carboxylic acids is 1. The van der Waals surface area contributed by atoms with Crippen molar-refractivity contribution in [3.8, 4) is 0 Å². The summed E-state index contributed by atoms with van der Waals surface area (Å²) < 4.78 is 5.98. The molecule has 1 heterocycles. The minimum atomic E-state index is -0.282. The zero-order chi connectivity index (χ0) is 22.3. The van der Waals surface area contributed by atoms with E-state index in [0.29, 0.717) is 19.0 Å². The van der Waals surface area contributed by atoms with Gasteiger partial charge in [-0.1, -0.05) is 86.0 Å². The van der Waals surface area contributed by atoms with Crippen LogP contribution < -0.4 is 0 Å². The van der Waals surface area contributed by atoms with Gasteiger partial charge in [0.15, 0.2) is 0 Å². The number of amides is 1. The van der Waals surface area contributed by atoms with E-state index in [2.05, 4.69) is 62.1 Å². The zero-order valence-corrected chi connectivity index (χ0v) is 19.2. The second-order valence-corrected chi connectivity index (χ2v) is 9.12. The second-order valence-electron chi connectivity index (χ2n) is 9.12. The van der Waals surface area contributed by atoms with Crippen molar-refractivity contribution in [1.82, 2.24) is 4.90 Å². The molecule has 3 heteroatoms. The number of nitrogens with zero attached hydrogens (tertiary/aromatic N) is 1. The van der Waals surface area contributed by atoms with Crippen molar-refractivity contribution in [2.24, 2.45) is 5.92 Å². The Morgan fingerprint density at radius 1 is 1.00 bits per heavy atom. The molecule has 2 aliphatic rings. The lowest BCUT2D eigenvalue weighted by atomic mass is 9.84. The van der Waals surface area contributed by atoms with Crippen LogP contribution in [0.1, 0.15) is 57.1 Å². The summed E-state index contributed by atoms with van der Waals surface area (Å²) in [5.74, 6) is 0.526. The van der Waals surface area contributed by atoms with Gasteiger partial charge >= 0.3 is 6.09 Å². The Labute approximate surface area is 192 Å². The summed E-state index contributed by atoms with van der Waals surface area (Å²) >= 11 is 0. The third-order valence-electron chi connectivity index (χ3n) is 6.24. The number of hydrogen-bond donors (Lipinski definition) is 0. The summed E-state index contributed by atoms with van der Waals surface area (Å²) in [5.41, 5.74) is 9.10. The van der Waals surface area contributed by atoms with Crippen molar-refractivity contribution in [2.45, 2.75) is 58.6 Å². The molecule has 1 aliphatic heterocycles. The highest BCUT2D eigenvalue weighted by Crippen LogP contribution is 2.35. The first-order chi connectivity index (χ1) is 15.6. The minimum Gasteiger partial charge on any atom is -0.439 e. The van der Waals surface area contributed by atoms with Crippen LogP contribution in [0.5, 0.6) is 0 Å². The topological polar surface area (TPSA) is 29.5 Å². The third-order valence-corrected chi connectivity index (χ3v) is 6.24. The third kappa shape index (κ3) is 5.60. The maximum absolute atomic E-state index is 12.8. The maximum atomic E-state index is 12.8. The van der Waals surface area contributed by atoms with Gasteiger partial charge < -0.3 is 4.74 Å². The number of benzene rings is 2. The Kier molecular flexibility index (Phi) is 7.29. The largest absolute Gasteiger partial charge is 0.439 e. The van der Waals surface area contributed by atoms with Crippen LogP contribution in [-0.2, 0) is 11.3 Å². The van der Waals surface area contributed by atoms with Crippen LogP contribution in [0.4, 0.5) is 4.79 Å². The van der Waals surface area contributed by atoms with E-state index in [1.54, 1.807) is 0 Å². The molecule has 2 aromatic carbocycles. The molecule has 1 amide bonds. The van der Waals surface area contributed by atoms with Gasteiger partial charge in [-0.05, 0) is 49.3 Å². The molecule has 2 fully saturated rings. The van der Waals surface area contributed by atoms with E-state index in [4.69, 9.17) is 4.74 Å². The van der Waals surface area contributed by atoms with Crippen molar-refractivity contribution in [1.29, 1.82) is 0 Å². The molecule has 32 heavy (non-hydrogen) atoms. The number of rotatable bonds is 6. The van der Waals surface area contributed by atoms with Gasteiger partial charge in [0, 0.05) is 17.7 Å². The summed E-state index contributed by atoms with van der Waals surface area (Å²) in [6.07, 6.45) is 8.13. The lowest BCUT2D eigenvalue weighted by molar-refractivity contribution is 0.142. The molecule has 0 aromatic heterocycles. The Morgan fingerprint density at radius 2 is 1.66 bits per heavy atom. The first-order valence-electron chi connectivity index (χ1n) is 11.8. The molecule has 1 aliphatic carbocycles. The predicted octanol–water partition coefficient (Wildman–Crippen LogP) is 7.16. The first-order valence-corrected chi connectivity index (χ1v) is 11.8. The fourth-order valence-corrected chi connectivity index (χ4v) is 4.68. The second kappa shape index (κ2) is 10.5. The normalized spacial score (nSPS) is 19.4. The van der Waals surface area contributed by atoms with Crippen molar-refractivity contribution >= 4 is 11.7 Å². The molecule has 1 unspecified atom stereocenters. The highest BCUT2D eigenvalue weighted by molar-refractivity contribution is 5.82. The molecule has 0 spiro atoms. The smallest absolute Gasteiger partial charge is 0.410 e. The summed E-state index contributed by atoms with van der Waals surface area (Å²) in [7, 11) is 0. The van der Waals surface area contributed by atoms with Gasteiger partial charge in [0.05, 0.1) is 6.54 Å². The Morgan fingerprint density at radius 3 is 2.31 bits per heavy atom. The lowest BCUT2D eigenvalue weighted by Crippen LogP contribution is -2.25. The van der Waals surface area contributed by atoms with Crippen LogP contribution in [0.15, 0.2) is 83.6 Å². The Balaban J connectivity index is 1.69. The standard InChI is InChI=1S/C29H33NO2/c1-22(2)18-26(25-16-10-5-11-17-25)27(19-23-12-6-3-7-13-23)28-21-30(29(31)32-28)20-24-14-8-4-9-15-24/h4-5,8-11,14-17,19,23,28H,3,6-7,12-13,20-21H2,1-2H3/b27-19-. The van der Waals surface area contributed by atoms with E-state index in [9.17, 15) is 4.79 Å². The van der Waals surface area contributed by atoms with E-state index in [1.165, 1.54) is 32.1 Å². The summed E-state index contributed by atoms with van der Waals surface area (Å²) in [6, 6.07) is 20.5. The fourth-order valence-electron chi connectivity index (χ4n) is 4.68. The fraction of sp³-hybridized carbons (Fsp3) is 0.379. The van der Waals surface area contributed by atoms with Crippen LogP contribution in [0.3, 0.4) is 0 Å². The predicted molar refractivity (Wildman–Crippen MR) is 130 cm³/mol. The monoisotopic (exact) mass is 427 g/mol. The molecule has 0 bridgehead atoms. The van der Waals surface area contributed by atoms with Gasteiger partial charge in [-0.3, -0.25) is 4.90 Å². The molecule has 3 nitrogen and oxygen atoms in total. The summed E-state index contributed by atoms with van der Waals surface area (Å²) in [5, 5.41) is 0. The van der Waals surface area contributed by atoms with Crippen molar-refractivity contribution in [3.05, 3.63) is 94.7 Å². The van der Waals surface area contributed by atoms with Gasteiger partial charge in [0.2, 0.25) is 0 Å². The molecule has 1 atom stereocenters. The molecule has 1 saturated heterocycles. The maximum Gasteiger partial charge on any atom is 0.410 e. The number of allylic oxidation sites excluding steroid dienone is 1. The van der Waals surface area contributed by atoms with Gasteiger partial charge in [-0.2, -0.15) is 0 Å². The molecule has 4 rings (SSSR count). The SMILES string of the molecule is CC(C)=C=C(/C(=C/C1CCCCC1)C1CN(Cc2ccccc2)C(=O)O1)c1ccccc1. The van der Waals surface area contributed by atoms with Crippen molar-refractivity contribution < 1.29 is 9.53 Å². The van der Waals surface area contributed by atoms with Crippen LogP contribution in [-0.4, -0.2) is 23.6 Å². The van der Waals surface area contributed by atoms with Gasteiger partial charge in [-0.25, -0.2) is 4.79 Å². The van der Waals surface area contributed by atoms with E-state index >= 15 is 0 Å². The quantitative estimate of drug-likeness (QED) is 0.361. The van der Waals surface area contributed by atoms with Gasteiger partial charge in [-0.15, -0.1) is 5.73 Å². The van der Waals surface area contributed by atoms with Crippen molar-refractivity contribution in [2.75, 3.05) is 6.54 Å². The summed E-state index contributed by atoms with van der Waals surface area (Å²) in [6.45, 7) is 5.28. The molecule has 0 radical (unpaired) electrons. The minimum absolute atomic E-state index is 0.238. The average Bonchev–Trinajstić information content (AvgIpc) is 3.17. The molecule has 2 aromatic rings. The van der Waals surface area contributed by atoms with E-state index in [-0.39, 0.29) is 12.2 Å². The van der Waals surface area contributed by atoms with Crippen molar-refractivity contribution in [3.63, 3.8) is 0 Å². The van der Waals surface area contributed by atoms with Crippen LogP contribution >= 0.6 is 0 Å². The van der Waals surface area contributed by atoms with E-state index in [1.807, 2.05) is 29.2 Å². The molecule has 0 N–H and O–H groups in total. The highest BCUT2D eigenvalue weighted by atomic mass is 16.6. The first kappa shape index (κ1) is 22.2. The number of hydrogen-bond acceptors (Lipinski definition) is 2. The Hall–Kier alpha value is -3.03. The van der Waals surface area contributed by atoms with Crippen LogP contribution in [0, 0.1) is 5.92 Å². The average molecular weight is 428 g/mol. The van der Waals surface area contributed by atoms with Gasteiger partial charge in [0.25, 0.3) is 0 Å². The molecule has 166 valence electrons. The highest BCUT2D eigenvalue weighted by Gasteiger charge is 2.35. The van der Waals surface area contributed by atoms with Crippen LogP contribution in [0.2, 0.25) is 0 Å². The Bertz CT molecular complexity index is 1010. The summed E-state index contributed by atoms with van der Waals surface area (Å²) in [4.78, 5) is 14.6. The number of cyclic esters (lactones) is 1. The van der Waals surface area contributed by atoms with E-state index < -0.39 is 0 Å². The molecule has 1 saturated carbocycles. The van der Waals surface area contributed by atoms with Gasteiger partial charge in [0.1, 0.15) is 6.10 Å². The molecular formula is C29H33NO2. The lowest BCUT2D eigenvalue weighted by Gasteiger charge is -2.23. The number of ether oxygens (including phenoxy) is 1. The van der Waals surface area contributed by atoms with E-state index in [0.717, 1.165) is 27.8 Å². The van der Waals surface area contributed by atoms with Crippen LogP contribution in [0.25, 0.3) is 5.57 Å². The number of carbonyl (C=O) groups is 1. The molecular weight excluding hydrogens is 394 g/mol.